The van der Waals surface area contributed by atoms with Gasteiger partial charge in [0.2, 0.25) is 5.91 Å². The van der Waals surface area contributed by atoms with E-state index in [4.69, 9.17) is 4.74 Å². The Balaban J connectivity index is 1.29. The highest BCUT2D eigenvalue weighted by molar-refractivity contribution is 7.21. The van der Waals surface area contributed by atoms with Crippen LogP contribution >= 0.6 is 11.3 Å². The summed E-state index contributed by atoms with van der Waals surface area (Å²) in [5.74, 6) is 0.964. The standard InChI is InChI=1S/C29H25N5O4S/c1-3-23(35)33-14-12-18(16-33)31-27(36)26-25-24-22(11-13-30-28(24)39-26)34(29(37)32-25)21-10-9-20(15-17(21)2)38-19-7-5-4-6-8-19/h3-11,13,15,18H,1,12,14,16H2,2H3,(H,31,36)(H,32,37)/p+1/t18-/m1/s1. The lowest BCUT2D eigenvalue weighted by Crippen LogP contribution is -3.07. The van der Waals surface area contributed by atoms with E-state index in [1.807, 2.05) is 61.5 Å². The van der Waals surface area contributed by atoms with Crippen LogP contribution in [0.4, 0.5) is 21.9 Å². The van der Waals surface area contributed by atoms with Gasteiger partial charge in [-0.25, -0.2) is 9.78 Å². The number of carbonyl (C=O) groups is 3. The third-order valence-electron chi connectivity index (χ3n) is 6.99. The number of urea groups is 1. The van der Waals surface area contributed by atoms with Crippen molar-refractivity contribution in [2.24, 2.45) is 0 Å². The Bertz CT molecular complexity index is 1630. The molecule has 0 saturated carbocycles. The number of quaternary nitrogens is 1. The van der Waals surface area contributed by atoms with Crippen LogP contribution < -0.4 is 20.3 Å². The van der Waals surface area contributed by atoms with Crippen molar-refractivity contribution in [3.63, 3.8) is 0 Å². The second-order valence-electron chi connectivity index (χ2n) is 9.51. The van der Waals surface area contributed by atoms with Crippen LogP contribution in [0.2, 0.25) is 0 Å². The van der Waals surface area contributed by atoms with Crippen LogP contribution in [-0.2, 0) is 4.79 Å². The Labute approximate surface area is 228 Å². The van der Waals surface area contributed by atoms with Crippen molar-refractivity contribution in [3.05, 3.63) is 83.9 Å². The van der Waals surface area contributed by atoms with E-state index in [1.54, 1.807) is 11.1 Å². The molecule has 3 N–H and O–H groups in total. The van der Waals surface area contributed by atoms with Crippen LogP contribution in [0, 0.1) is 6.92 Å². The summed E-state index contributed by atoms with van der Waals surface area (Å²) in [7, 11) is 0. The summed E-state index contributed by atoms with van der Waals surface area (Å²) in [5.41, 5.74) is 2.87. The first-order chi connectivity index (χ1) is 18.9. The first-order valence-corrected chi connectivity index (χ1v) is 13.4. The fourth-order valence-electron chi connectivity index (χ4n) is 5.14. The second kappa shape index (κ2) is 9.97. The maximum absolute atomic E-state index is 13.5. The van der Waals surface area contributed by atoms with Gasteiger partial charge in [-0.15, -0.1) is 11.3 Å². The largest absolute Gasteiger partial charge is 0.457 e. The fraction of sp³-hybridized carbons (Fsp3) is 0.172. The Morgan fingerprint density at radius 1 is 1.18 bits per heavy atom. The molecular weight excluding hydrogens is 514 g/mol. The van der Waals surface area contributed by atoms with Gasteiger partial charge in [-0.1, -0.05) is 24.8 Å². The van der Waals surface area contributed by atoms with Crippen LogP contribution in [0.5, 0.6) is 11.5 Å². The maximum atomic E-state index is 13.5. The van der Waals surface area contributed by atoms with Crippen molar-refractivity contribution < 1.29 is 24.0 Å². The molecule has 0 bridgehead atoms. The van der Waals surface area contributed by atoms with Gasteiger partial charge < -0.3 is 15.0 Å². The average molecular weight is 541 g/mol. The molecule has 2 aromatic heterocycles. The molecule has 0 spiro atoms. The van der Waals surface area contributed by atoms with Gasteiger partial charge in [0.25, 0.3) is 5.91 Å². The van der Waals surface area contributed by atoms with Crippen molar-refractivity contribution in [2.75, 3.05) is 18.4 Å². The summed E-state index contributed by atoms with van der Waals surface area (Å²) in [5, 5.41) is 6.74. The van der Waals surface area contributed by atoms with Gasteiger partial charge in [0, 0.05) is 43.0 Å². The maximum Gasteiger partial charge on any atom is 0.429 e. The number of para-hydroxylation sites is 1. The lowest BCUT2D eigenvalue weighted by molar-refractivity contribution is -0.660. The summed E-state index contributed by atoms with van der Waals surface area (Å²) in [6.07, 6.45) is 3.60. The molecule has 10 heteroatoms. The zero-order valence-electron chi connectivity index (χ0n) is 21.2. The molecule has 4 heterocycles. The number of hydrogen-bond donors (Lipinski definition) is 3. The molecule has 4 aromatic rings. The molecule has 2 atom stereocenters. The first kappa shape index (κ1) is 24.8. The van der Waals surface area contributed by atoms with Crippen molar-refractivity contribution in [1.82, 2.24) is 15.2 Å². The van der Waals surface area contributed by atoms with Gasteiger partial charge in [-0.05, 0) is 43.7 Å². The van der Waals surface area contributed by atoms with E-state index >= 15 is 0 Å². The first-order valence-electron chi connectivity index (χ1n) is 12.6. The minimum atomic E-state index is -0.292. The zero-order chi connectivity index (χ0) is 27.1. The summed E-state index contributed by atoms with van der Waals surface area (Å²) in [6.45, 7) is 6.45. The topological polar surface area (TPSA) is 105 Å². The Hall–Kier alpha value is -4.54. The van der Waals surface area contributed by atoms with Crippen molar-refractivity contribution in [3.8, 4) is 11.5 Å². The van der Waals surface area contributed by atoms with Crippen LogP contribution in [-0.4, -0.2) is 46.9 Å². The number of nitrogens with zero attached hydrogens (tertiary/aromatic N) is 2. The lowest BCUT2D eigenvalue weighted by Gasteiger charge is -2.23. The van der Waals surface area contributed by atoms with Gasteiger partial charge in [0.15, 0.2) is 5.69 Å². The molecule has 2 aromatic carbocycles. The van der Waals surface area contributed by atoms with E-state index in [-0.39, 0.29) is 23.9 Å². The number of benzene rings is 2. The summed E-state index contributed by atoms with van der Waals surface area (Å²) >= 11 is 1.24. The van der Waals surface area contributed by atoms with Crippen LogP contribution in [0.3, 0.4) is 0 Å². The number of thiophene rings is 1. The number of aromatic nitrogens is 1. The number of carbonyl (C=O) groups excluding carboxylic acids is 3. The van der Waals surface area contributed by atoms with Gasteiger partial charge in [-0.3, -0.25) is 14.9 Å². The van der Waals surface area contributed by atoms with E-state index in [0.29, 0.717) is 45.6 Å². The van der Waals surface area contributed by atoms with E-state index in [0.717, 1.165) is 28.1 Å². The highest BCUT2D eigenvalue weighted by atomic mass is 32.1. The molecule has 196 valence electrons. The van der Waals surface area contributed by atoms with Gasteiger partial charge in [0.05, 0.1) is 11.1 Å². The normalized spacial score (nSPS) is 18.1. The predicted molar refractivity (Wildman–Crippen MR) is 149 cm³/mol. The Kier molecular flexibility index (Phi) is 6.34. The molecule has 0 aliphatic carbocycles. The quantitative estimate of drug-likeness (QED) is 0.316. The minimum absolute atomic E-state index is 0.150. The van der Waals surface area contributed by atoms with Crippen LogP contribution in [0.1, 0.15) is 21.7 Å². The van der Waals surface area contributed by atoms with Crippen molar-refractivity contribution in [1.29, 1.82) is 0 Å². The van der Waals surface area contributed by atoms with E-state index in [1.165, 1.54) is 17.4 Å². The number of nitrogens with one attached hydrogen (secondary N) is 3. The van der Waals surface area contributed by atoms with Gasteiger partial charge >= 0.3 is 6.03 Å². The zero-order valence-corrected chi connectivity index (χ0v) is 22.0. The Morgan fingerprint density at radius 2 is 2.00 bits per heavy atom. The number of aryl methyl sites for hydroxylation is 1. The predicted octanol–water partition coefficient (Wildman–Crippen LogP) is 4.31. The average Bonchev–Trinajstić information content (AvgIpc) is 3.55. The third-order valence-corrected chi connectivity index (χ3v) is 8.09. The van der Waals surface area contributed by atoms with Gasteiger partial charge in [-0.2, -0.15) is 4.90 Å². The van der Waals surface area contributed by atoms with Gasteiger partial charge in [0.1, 0.15) is 26.9 Å². The molecular formula is C29H26N5O4S+. The van der Waals surface area contributed by atoms with E-state index < -0.39 is 0 Å². The number of rotatable bonds is 6. The molecule has 9 nitrogen and oxygen atoms in total. The van der Waals surface area contributed by atoms with E-state index in [2.05, 4.69) is 22.2 Å². The van der Waals surface area contributed by atoms with Crippen molar-refractivity contribution >= 4 is 56.5 Å². The number of pyridine rings is 1. The molecule has 4 amide bonds. The van der Waals surface area contributed by atoms with Crippen LogP contribution in [0.15, 0.2) is 73.4 Å². The Morgan fingerprint density at radius 3 is 2.77 bits per heavy atom. The monoisotopic (exact) mass is 540 g/mol. The number of anilines is 1. The van der Waals surface area contributed by atoms with Crippen LogP contribution in [0.25, 0.3) is 10.2 Å². The third kappa shape index (κ3) is 4.53. The minimum Gasteiger partial charge on any atom is -0.457 e. The highest BCUT2D eigenvalue weighted by Crippen LogP contribution is 2.40. The smallest absolute Gasteiger partial charge is 0.429 e. The summed E-state index contributed by atoms with van der Waals surface area (Å²) in [4.78, 5) is 46.5. The molecule has 39 heavy (non-hydrogen) atoms. The number of ether oxygens (including phenoxy) is 1. The molecule has 1 unspecified atom stereocenters. The SMILES string of the molecule is C=CC(=O)N1CC[C@@H](NC(=O)c2sc3nccc4c3c2NC(=O)[NH+]4c2ccc(Oc3ccccc3)cc2C)C1. The summed E-state index contributed by atoms with van der Waals surface area (Å²) < 4.78 is 5.96. The molecule has 2 aliphatic heterocycles. The molecule has 2 aliphatic rings. The molecule has 1 fully saturated rings. The summed E-state index contributed by atoms with van der Waals surface area (Å²) in [6, 6.07) is 16.5. The molecule has 6 rings (SSSR count). The molecule has 1 saturated heterocycles. The highest BCUT2D eigenvalue weighted by Gasteiger charge is 2.38. The van der Waals surface area contributed by atoms with Crippen molar-refractivity contribution in [2.45, 2.75) is 19.4 Å². The fourth-order valence-corrected chi connectivity index (χ4v) is 6.17. The number of hydrogen-bond acceptors (Lipinski definition) is 6. The van der Waals surface area contributed by atoms with E-state index in [9.17, 15) is 14.4 Å². The second-order valence-corrected chi connectivity index (χ2v) is 10.5. The molecule has 0 radical (unpaired) electrons. The number of amides is 4. The lowest BCUT2D eigenvalue weighted by atomic mass is 10.1. The number of likely N-dealkylation sites (tertiary alicyclic amines) is 1.